The van der Waals surface area contributed by atoms with Crippen molar-refractivity contribution in [2.45, 2.75) is 25.8 Å². The molecule has 0 radical (unpaired) electrons. The first-order chi connectivity index (χ1) is 11.9. The van der Waals surface area contributed by atoms with Crippen molar-refractivity contribution in [3.8, 4) is 5.75 Å². The van der Waals surface area contributed by atoms with E-state index in [4.69, 9.17) is 4.74 Å². The minimum atomic E-state index is -3.13. The number of halogens is 1. The van der Waals surface area contributed by atoms with Gasteiger partial charge in [0.15, 0.2) is 0 Å². The maximum absolute atomic E-state index is 11.7. The van der Waals surface area contributed by atoms with Crippen molar-refractivity contribution >= 4 is 26.0 Å². The summed E-state index contributed by atoms with van der Waals surface area (Å²) in [5, 5.41) is 0. The number of ether oxygens (including phenoxy) is 1. The van der Waals surface area contributed by atoms with Gasteiger partial charge in [-0.25, -0.2) is 8.42 Å². The first-order valence-electron chi connectivity index (χ1n) is 8.36. The third-order valence-electron chi connectivity index (χ3n) is 4.42. The van der Waals surface area contributed by atoms with Crippen LogP contribution in [0.15, 0.2) is 46.9 Å². The lowest BCUT2D eigenvalue weighted by Crippen LogP contribution is -2.35. The molecule has 0 spiro atoms. The molecule has 0 N–H and O–H groups in total. The van der Waals surface area contributed by atoms with Gasteiger partial charge in [0.2, 0.25) is 10.0 Å². The second-order valence-electron chi connectivity index (χ2n) is 6.36. The minimum absolute atomic E-state index is 0.456. The van der Waals surface area contributed by atoms with Gasteiger partial charge in [-0.3, -0.25) is 0 Å². The zero-order chi connectivity index (χ0) is 17.9. The maximum atomic E-state index is 11.7. The number of benzene rings is 2. The second kappa shape index (κ2) is 7.89. The maximum Gasteiger partial charge on any atom is 0.211 e. The quantitative estimate of drug-likeness (QED) is 0.664. The van der Waals surface area contributed by atoms with Gasteiger partial charge >= 0.3 is 0 Å². The summed E-state index contributed by atoms with van der Waals surface area (Å²) >= 11 is 3.44. The van der Waals surface area contributed by atoms with Crippen molar-refractivity contribution in [1.29, 1.82) is 0 Å². The van der Waals surface area contributed by atoms with E-state index in [2.05, 4.69) is 46.3 Å². The first-order valence-corrected chi connectivity index (χ1v) is 11.0. The molecule has 0 amide bonds. The lowest BCUT2D eigenvalue weighted by Gasteiger charge is -2.27. The number of rotatable bonds is 6. The molecule has 0 saturated heterocycles. The fourth-order valence-corrected chi connectivity index (χ4v) is 4.05. The Kier molecular flexibility index (Phi) is 5.81. The van der Waals surface area contributed by atoms with Gasteiger partial charge in [0.1, 0.15) is 5.75 Å². The summed E-state index contributed by atoms with van der Waals surface area (Å²) in [5.41, 5.74) is 3.56. The van der Waals surface area contributed by atoms with Crippen LogP contribution in [-0.2, 0) is 29.4 Å². The summed E-state index contributed by atoms with van der Waals surface area (Å²) in [5.74, 6) is 0.863. The van der Waals surface area contributed by atoms with Crippen LogP contribution < -0.4 is 4.74 Å². The molecule has 0 saturated carbocycles. The average Bonchev–Trinajstić information content (AvgIpc) is 2.59. The second-order valence-corrected chi connectivity index (χ2v) is 9.25. The highest BCUT2D eigenvalue weighted by Gasteiger charge is 2.23. The number of fused-ring (bicyclic) bond motifs is 1. The largest absolute Gasteiger partial charge is 0.494 e. The third kappa shape index (κ3) is 5.06. The molecule has 0 atom stereocenters. The smallest absolute Gasteiger partial charge is 0.211 e. The minimum Gasteiger partial charge on any atom is -0.494 e. The van der Waals surface area contributed by atoms with Crippen LogP contribution in [0.4, 0.5) is 0 Å². The van der Waals surface area contributed by atoms with E-state index < -0.39 is 10.0 Å². The normalized spacial score (nSPS) is 15.0. The highest BCUT2D eigenvalue weighted by atomic mass is 79.9. The Bertz CT molecular complexity index is 834. The highest BCUT2D eigenvalue weighted by Crippen LogP contribution is 2.25. The van der Waals surface area contributed by atoms with Gasteiger partial charge in [0, 0.05) is 17.6 Å². The van der Waals surface area contributed by atoms with Gasteiger partial charge < -0.3 is 4.74 Å². The molecular formula is C19H22BrNO3S. The lowest BCUT2D eigenvalue weighted by molar-refractivity contribution is 0.309. The van der Waals surface area contributed by atoms with Gasteiger partial charge in [-0.15, -0.1) is 0 Å². The summed E-state index contributed by atoms with van der Waals surface area (Å²) in [4.78, 5) is 0. The average molecular weight is 424 g/mol. The summed E-state index contributed by atoms with van der Waals surface area (Å²) in [6.45, 7) is 1.67. The zero-order valence-corrected chi connectivity index (χ0v) is 16.6. The number of hydrogen-bond donors (Lipinski definition) is 0. The standard InChI is InChI=1S/C19H22BrNO3S/c1-25(22,23)21-11-10-16-13-19(9-6-17(16)14-21)24-12-2-3-15-4-7-18(20)8-5-15/h4-9,13H,2-3,10-12,14H2,1H3. The molecule has 1 aliphatic rings. The molecule has 1 aliphatic heterocycles. The van der Waals surface area contributed by atoms with E-state index in [9.17, 15) is 8.42 Å². The van der Waals surface area contributed by atoms with Crippen molar-refractivity contribution in [2.75, 3.05) is 19.4 Å². The van der Waals surface area contributed by atoms with Crippen molar-refractivity contribution in [3.05, 3.63) is 63.6 Å². The Morgan fingerprint density at radius 1 is 1.12 bits per heavy atom. The fraction of sp³-hybridized carbons (Fsp3) is 0.368. The highest BCUT2D eigenvalue weighted by molar-refractivity contribution is 9.10. The lowest BCUT2D eigenvalue weighted by atomic mass is 10.0. The SMILES string of the molecule is CS(=O)(=O)N1CCc2cc(OCCCc3ccc(Br)cc3)ccc2C1. The molecule has 6 heteroatoms. The van der Waals surface area contributed by atoms with Crippen LogP contribution in [0.3, 0.4) is 0 Å². The van der Waals surface area contributed by atoms with E-state index in [1.54, 1.807) is 0 Å². The Balaban J connectivity index is 1.52. The van der Waals surface area contributed by atoms with E-state index >= 15 is 0 Å². The van der Waals surface area contributed by atoms with Gasteiger partial charge in [0.05, 0.1) is 12.9 Å². The molecule has 2 aromatic carbocycles. The molecule has 0 unspecified atom stereocenters. The summed E-state index contributed by atoms with van der Waals surface area (Å²) in [6, 6.07) is 14.3. The van der Waals surface area contributed by atoms with Gasteiger partial charge in [0.25, 0.3) is 0 Å². The predicted molar refractivity (Wildman–Crippen MR) is 103 cm³/mol. The third-order valence-corrected chi connectivity index (χ3v) is 6.19. The number of aryl methyl sites for hydroxylation is 1. The van der Waals surface area contributed by atoms with Crippen LogP contribution in [0.5, 0.6) is 5.75 Å². The first kappa shape index (κ1) is 18.4. The number of hydrogen-bond acceptors (Lipinski definition) is 3. The molecule has 4 nitrogen and oxygen atoms in total. The Morgan fingerprint density at radius 3 is 2.60 bits per heavy atom. The summed E-state index contributed by atoms with van der Waals surface area (Å²) < 4.78 is 31.8. The van der Waals surface area contributed by atoms with Crippen molar-refractivity contribution in [2.24, 2.45) is 0 Å². The van der Waals surface area contributed by atoms with E-state index in [1.165, 1.54) is 21.7 Å². The number of sulfonamides is 1. The topological polar surface area (TPSA) is 46.6 Å². The summed E-state index contributed by atoms with van der Waals surface area (Å²) in [6.07, 6.45) is 3.95. The molecule has 3 rings (SSSR count). The van der Waals surface area contributed by atoms with Crippen LogP contribution in [0, 0.1) is 0 Å². The van der Waals surface area contributed by atoms with Gasteiger partial charge in [-0.05, 0) is 60.2 Å². The van der Waals surface area contributed by atoms with Crippen LogP contribution in [-0.4, -0.2) is 32.1 Å². The van der Waals surface area contributed by atoms with Crippen LogP contribution in [0.2, 0.25) is 0 Å². The van der Waals surface area contributed by atoms with E-state index in [-0.39, 0.29) is 0 Å². The molecule has 0 bridgehead atoms. The fourth-order valence-electron chi connectivity index (χ4n) is 2.99. The Labute approximate surface area is 158 Å². The van der Waals surface area contributed by atoms with E-state index in [0.29, 0.717) is 19.7 Å². The van der Waals surface area contributed by atoms with E-state index in [1.807, 2.05) is 12.1 Å². The molecule has 134 valence electrons. The van der Waals surface area contributed by atoms with Crippen LogP contribution in [0.25, 0.3) is 0 Å². The van der Waals surface area contributed by atoms with Gasteiger partial charge in [-0.2, -0.15) is 4.31 Å². The molecule has 0 aliphatic carbocycles. The Hall–Kier alpha value is -1.37. The summed E-state index contributed by atoms with van der Waals surface area (Å²) in [7, 11) is -3.13. The number of nitrogens with zero attached hydrogens (tertiary/aromatic N) is 1. The monoisotopic (exact) mass is 423 g/mol. The van der Waals surface area contributed by atoms with Crippen molar-refractivity contribution < 1.29 is 13.2 Å². The van der Waals surface area contributed by atoms with Crippen molar-refractivity contribution in [1.82, 2.24) is 4.31 Å². The van der Waals surface area contributed by atoms with Crippen molar-refractivity contribution in [3.63, 3.8) is 0 Å². The molecular weight excluding hydrogens is 402 g/mol. The predicted octanol–water partition coefficient (Wildman–Crippen LogP) is 3.78. The molecule has 25 heavy (non-hydrogen) atoms. The molecule has 0 aromatic heterocycles. The van der Waals surface area contributed by atoms with E-state index in [0.717, 1.165) is 35.0 Å². The molecule has 2 aromatic rings. The molecule has 0 fully saturated rings. The zero-order valence-electron chi connectivity index (χ0n) is 14.2. The molecule has 1 heterocycles. The van der Waals surface area contributed by atoms with Crippen LogP contribution in [0.1, 0.15) is 23.1 Å². The Morgan fingerprint density at radius 2 is 1.88 bits per heavy atom. The van der Waals surface area contributed by atoms with Gasteiger partial charge in [-0.1, -0.05) is 34.1 Å². The van der Waals surface area contributed by atoms with Crippen LogP contribution >= 0.6 is 15.9 Å².